The van der Waals surface area contributed by atoms with Crippen LogP contribution in [0.2, 0.25) is 0 Å². The topological polar surface area (TPSA) is 75.4 Å². The third-order valence-electron chi connectivity index (χ3n) is 4.52. The number of amides is 1. The monoisotopic (exact) mass is 290 g/mol. The minimum absolute atomic E-state index is 0.128. The summed E-state index contributed by atoms with van der Waals surface area (Å²) in [5, 5.41) is 12.6. The molecule has 116 valence electrons. The first-order valence-electron chi connectivity index (χ1n) is 7.83. The lowest BCUT2D eigenvalue weighted by atomic mass is 9.74. The molecule has 1 aromatic rings. The zero-order chi connectivity index (χ0) is 15.1. The molecule has 1 atom stereocenters. The second-order valence-corrected chi connectivity index (χ2v) is 6.23. The summed E-state index contributed by atoms with van der Waals surface area (Å²) in [7, 11) is 0. The maximum atomic E-state index is 12.1. The zero-order valence-electron chi connectivity index (χ0n) is 12.6. The SMILES string of the molecule is NC(Cc1ccccc1)C(=O)NCC1(CO)CCCCC1. The summed E-state index contributed by atoms with van der Waals surface area (Å²) in [6.07, 6.45) is 6.00. The molecule has 1 unspecified atom stereocenters. The van der Waals surface area contributed by atoms with Crippen LogP contribution in [0.1, 0.15) is 37.7 Å². The van der Waals surface area contributed by atoms with E-state index in [0.717, 1.165) is 31.2 Å². The van der Waals surface area contributed by atoms with Crippen molar-refractivity contribution in [2.45, 2.75) is 44.6 Å². The molecule has 0 radical (unpaired) electrons. The van der Waals surface area contributed by atoms with Gasteiger partial charge in [-0.05, 0) is 24.8 Å². The Labute approximate surface area is 126 Å². The fourth-order valence-corrected chi connectivity index (χ4v) is 3.06. The largest absolute Gasteiger partial charge is 0.396 e. The maximum absolute atomic E-state index is 12.1. The van der Waals surface area contributed by atoms with Crippen molar-refractivity contribution in [3.05, 3.63) is 35.9 Å². The Morgan fingerprint density at radius 2 is 1.90 bits per heavy atom. The number of carbonyl (C=O) groups is 1. The van der Waals surface area contributed by atoms with E-state index in [1.807, 2.05) is 30.3 Å². The van der Waals surface area contributed by atoms with Crippen LogP contribution < -0.4 is 11.1 Å². The van der Waals surface area contributed by atoms with E-state index in [1.54, 1.807) is 0 Å². The number of benzene rings is 1. The Morgan fingerprint density at radius 3 is 2.52 bits per heavy atom. The molecule has 1 aliphatic rings. The molecule has 4 nitrogen and oxygen atoms in total. The van der Waals surface area contributed by atoms with Crippen molar-refractivity contribution in [2.24, 2.45) is 11.1 Å². The quantitative estimate of drug-likeness (QED) is 0.745. The van der Waals surface area contributed by atoms with Gasteiger partial charge in [0.1, 0.15) is 0 Å². The molecule has 1 fully saturated rings. The highest BCUT2D eigenvalue weighted by molar-refractivity contribution is 5.81. The average Bonchev–Trinajstić information content (AvgIpc) is 2.54. The van der Waals surface area contributed by atoms with Gasteiger partial charge in [0.15, 0.2) is 0 Å². The molecule has 21 heavy (non-hydrogen) atoms. The van der Waals surface area contributed by atoms with Gasteiger partial charge in [-0.25, -0.2) is 0 Å². The summed E-state index contributed by atoms with van der Waals surface area (Å²) in [4.78, 5) is 12.1. The van der Waals surface area contributed by atoms with E-state index in [2.05, 4.69) is 5.32 Å². The summed E-state index contributed by atoms with van der Waals surface area (Å²) in [6.45, 7) is 0.673. The summed E-state index contributed by atoms with van der Waals surface area (Å²) in [6, 6.07) is 9.26. The molecule has 1 aromatic carbocycles. The number of aliphatic hydroxyl groups excluding tert-OH is 1. The summed E-state index contributed by atoms with van der Waals surface area (Å²) >= 11 is 0. The Morgan fingerprint density at radius 1 is 1.24 bits per heavy atom. The molecule has 0 saturated heterocycles. The van der Waals surface area contributed by atoms with Gasteiger partial charge in [0.25, 0.3) is 0 Å². The van der Waals surface area contributed by atoms with Crippen LogP contribution in [-0.4, -0.2) is 30.2 Å². The van der Waals surface area contributed by atoms with Gasteiger partial charge < -0.3 is 16.2 Å². The van der Waals surface area contributed by atoms with Crippen molar-refractivity contribution in [1.29, 1.82) is 0 Å². The number of rotatable bonds is 6. The number of hydrogen-bond donors (Lipinski definition) is 3. The number of carbonyl (C=O) groups excluding carboxylic acids is 1. The van der Waals surface area contributed by atoms with Crippen LogP contribution >= 0.6 is 0 Å². The van der Waals surface area contributed by atoms with Crippen molar-refractivity contribution in [3.8, 4) is 0 Å². The van der Waals surface area contributed by atoms with Crippen molar-refractivity contribution in [3.63, 3.8) is 0 Å². The smallest absolute Gasteiger partial charge is 0.237 e. The van der Waals surface area contributed by atoms with Crippen molar-refractivity contribution in [2.75, 3.05) is 13.2 Å². The maximum Gasteiger partial charge on any atom is 0.237 e. The molecule has 0 aromatic heterocycles. The van der Waals surface area contributed by atoms with Gasteiger partial charge >= 0.3 is 0 Å². The van der Waals surface area contributed by atoms with E-state index in [4.69, 9.17) is 5.73 Å². The van der Waals surface area contributed by atoms with Gasteiger partial charge in [-0.3, -0.25) is 4.79 Å². The van der Waals surface area contributed by atoms with Crippen LogP contribution in [0.3, 0.4) is 0 Å². The molecule has 4 N–H and O–H groups in total. The third kappa shape index (κ3) is 4.55. The van der Waals surface area contributed by atoms with Gasteiger partial charge in [0.05, 0.1) is 12.6 Å². The molecular formula is C17H26N2O2. The molecule has 4 heteroatoms. The number of hydrogen-bond acceptors (Lipinski definition) is 3. The van der Waals surface area contributed by atoms with E-state index >= 15 is 0 Å². The van der Waals surface area contributed by atoms with Crippen LogP contribution in [0, 0.1) is 5.41 Å². The van der Waals surface area contributed by atoms with Crippen molar-refractivity contribution in [1.82, 2.24) is 5.32 Å². The Hall–Kier alpha value is -1.39. The first-order chi connectivity index (χ1) is 10.2. The molecule has 1 amide bonds. The van der Waals surface area contributed by atoms with Crippen LogP contribution in [0.15, 0.2) is 30.3 Å². The lowest BCUT2D eigenvalue weighted by Gasteiger charge is -2.35. The van der Waals surface area contributed by atoms with Crippen LogP contribution in [0.4, 0.5) is 0 Å². The lowest BCUT2D eigenvalue weighted by molar-refractivity contribution is -0.123. The second-order valence-electron chi connectivity index (χ2n) is 6.23. The minimum Gasteiger partial charge on any atom is -0.396 e. The molecule has 2 rings (SSSR count). The normalized spacial score (nSPS) is 19.0. The van der Waals surface area contributed by atoms with Crippen LogP contribution in [0.25, 0.3) is 0 Å². The fraction of sp³-hybridized carbons (Fsp3) is 0.588. The van der Waals surface area contributed by atoms with Crippen molar-refractivity contribution < 1.29 is 9.90 Å². The van der Waals surface area contributed by atoms with E-state index in [-0.39, 0.29) is 17.9 Å². The summed E-state index contributed by atoms with van der Waals surface area (Å²) < 4.78 is 0. The lowest BCUT2D eigenvalue weighted by Crippen LogP contribution is -2.47. The molecule has 1 aliphatic carbocycles. The van der Waals surface area contributed by atoms with E-state index in [1.165, 1.54) is 6.42 Å². The van der Waals surface area contributed by atoms with Crippen molar-refractivity contribution >= 4 is 5.91 Å². The summed E-state index contributed by atoms with van der Waals surface area (Å²) in [5.74, 6) is -0.128. The molecule has 1 saturated carbocycles. The minimum atomic E-state index is -0.535. The average molecular weight is 290 g/mol. The predicted octanol–water partition coefficient (Wildman–Crippen LogP) is 1.62. The van der Waals surface area contributed by atoms with Crippen LogP contribution in [-0.2, 0) is 11.2 Å². The highest BCUT2D eigenvalue weighted by Crippen LogP contribution is 2.35. The molecule has 0 spiro atoms. The Balaban J connectivity index is 1.83. The first kappa shape index (κ1) is 16.0. The number of nitrogens with one attached hydrogen (secondary N) is 1. The molecule has 0 heterocycles. The number of nitrogens with two attached hydrogens (primary N) is 1. The van der Waals surface area contributed by atoms with Gasteiger partial charge in [-0.15, -0.1) is 0 Å². The van der Waals surface area contributed by atoms with Gasteiger partial charge in [-0.1, -0.05) is 49.6 Å². The predicted molar refractivity (Wildman–Crippen MR) is 83.7 cm³/mol. The highest BCUT2D eigenvalue weighted by atomic mass is 16.3. The first-order valence-corrected chi connectivity index (χ1v) is 7.83. The Kier molecular flexibility index (Phi) is 5.76. The van der Waals surface area contributed by atoms with E-state index < -0.39 is 6.04 Å². The molecule has 0 aliphatic heterocycles. The third-order valence-corrected chi connectivity index (χ3v) is 4.52. The van der Waals surface area contributed by atoms with Gasteiger partial charge in [-0.2, -0.15) is 0 Å². The zero-order valence-corrected chi connectivity index (χ0v) is 12.6. The standard InChI is InChI=1S/C17H26N2O2/c18-15(11-14-7-3-1-4-8-14)16(21)19-12-17(13-20)9-5-2-6-10-17/h1,3-4,7-8,15,20H,2,5-6,9-13,18H2,(H,19,21). The molecule has 0 bridgehead atoms. The van der Waals surface area contributed by atoms with Crippen LogP contribution in [0.5, 0.6) is 0 Å². The Bertz CT molecular complexity index is 441. The second kappa shape index (κ2) is 7.57. The van der Waals surface area contributed by atoms with Gasteiger partial charge in [0.2, 0.25) is 5.91 Å². The fourth-order valence-electron chi connectivity index (χ4n) is 3.06. The highest BCUT2D eigenvalue weighted by Gasteiger charge is 2.32. The molecular weight excluding hydrogens is 264 g/mol. The summed E-state index contributed by atoms with van der Waals surface area (Å²) in [5.41, 5.74) is 6.90. The van der Waals surface area contributed by atoms with E-state index in [0.29, 0.717) is 13.0 Å². The number of aliphatic hydroxyl groups is 1. The van der Waals surface area contributed by atoms with Gasteiger partial charge in [0, 0.05) is 12.0 Å². The van der Waals surface area contributed by atoms with E-state index in [9.17, 15) is 9.90 Å².